The van der Waals surface area contributed by atoms with Crippen molar-refractivity contribution in [2.45, 2.75) is 11.8 Å². The van der Waals surface area contributed by atoms with E-state index in [1.165, 1.54) is 4.31 Å². The minimum Gasteiger partial charge on any atom is -0.482 e. The quantitative estimate of drug-likeness (QED) is 0.762. The van der Waals surface area contributed by atoms with Crippen molar-refractivity contribution >= 4 is 27.5 Å². The molecule has 2 aromatic carbocycles. The number of sulfonamides is 1. The molecule has 6 nitrogen and oxygen atoms in total. The number of aryl methyl sites for hydroxylation is 1. The number of piperazine rings is 1. The minimum absolute atomic E-state index is 0.131. The first-order chi connectivity index (χ1) is 12.9. The van der Waals surface area contributed by atoms with E-state index in [2.05, 4.69) is 0 Å². The number of hydrogen-bond acceptors (Lipinski definition) is 4. The molecule has 1 heterocycles. The van der Waals surface area contributed by atoms with Gasteiger partial charge in [-0.2, -0.15) is 4.31 Å². The zero-order chi connectivity index (χ0) is 19.4. The van der Waals surface area contributed by atoms with Gasteiger partial charge in [0.05, 0.1) is 9.92 Å². The maximum atomic E-state index is 12.7. The first-order valence-corrected chi connectivity index (χ1v) is 10.4. The highest BCUT2D eigenvalue weighted by atomic mass is 35.5. The van der Waals surface area contributed by atoms with Crippen LogP contribution in [0, 0.1) is 6.92 Å². The molecule has 8 heteroatoms. The largest absolute Gasteiger partial charge is 0.482 e. The summed E-state index contributed by atoms with van der Waals surface area (Å²) in [5.41, 5.74) is 1.00. The van der Waals surface area contributed by atoms with E-state index < -0.39 is 10.0 Å². The Morgan fingerprint density at radius 1 is 1.04 bits per heavy atom. The van der Waals surface area contributed by atoms with Crippen LogP contribution in [-0.4, -0.2) is 56.3 Å². The number of hydrogen-bond donors (Lipinski definition) is 0. The van der Waals surface area contributed by atoms with E-state index in [1.54, 1.807) is 53.4 Å². The summed E-state index contributed by atoms with van der Waals surface area (Å²) in [7, 11) is -3.54. The third-order valence-corrected chi connectivity index (χ3v) is 6.66. The van der Waals surface area contributed by atoms with Gasteiger partial charge in [-0.1, -0.05) is 41.4 Å². The second-order valence-corrected chi connectivity index (χ2v) is 8.66. The third-order valence-electron chi connectivity index (χ3n) is 4.44. The second-order valence-electron chi connectivity index (χ2n) is 6.32. The predicted molar refractivity (Wildman–Crippen MR) is 103 cm³/mol. The zero-order valence-corrected chi connectivity index (χ0v) is 16.5. The lowest BCUT2D eigenvalue weighted by atomic mass is 10.2. The Morgan fingerprint density at radius 2 is 1.67 bits per heavy atom. The number of para-hydroxylation sites is 1. The van der Waals surface area contributed by atoms with Crippen molar-refractivity contribution in [3.8, 4) is 5.75 Å². The van der Waals surface area contributed by atoms with Gasteiger partial charge in [0.1, 0.15) is 5.75 Å². The number of carbonyl (C=O) groups excluding carboxylic acids is 1. The smallest absolute Gasteiger partial charge is 0.260 e. The molecule has 0 radical (unpaired) electrons. The summed E-state index contributed by atoms with van der Waals surface area (Å²) in [5, 5.41) is 0.444. The highest BCUT2D eigenvalue weighted by Crippen LogP contribution is 2.23. The Hall–Kier alpha value is -2.09. The van der Waals surface area contributed by atoms with Gasteiger partial charge in [-0.05, 0) is 31.2 Å². The van der Waals surface area contributed by atoms with Crippen LogP contribution in [0.3, 0.4) is 0 Å². The van der Waals surface area contributed by atoms with E-state index in [9.17, 15) is 13.2 Å². The molecule has 0 aliphatic carbocycles. The van der Waals surface area contributed by atoms with E-state index >= 15 is 0 Å². The van der Waals surface area contributed by atoms with Crippen molar-refractivity contribution in [3.05, 3.63) is 59.1 Å². The van der Waals surface area contributed by atoms with E-state index in [0.29, 0.717) is 23.9 Å². The van der Waals surface area contributed by atoms with Crippen LogP contribution in [0.4, 0.5) is 0 Å². The van der Waals surface area contributed by atoms with Crippen molar-refractivity contribution in [2.24, 2.45) is 0 Å². The Balaban J connectivity index is 1.56. The van der Waals surface area contributed by atoms with Crippen LogP contribution >= 0.6 is 11.6 Å². The maximum absolute atomic E-state index is 12.7. The lowest BCUT2D eigenvalue weighted by Gasteiger charge is -2.34. The Bertz CT molecular complexity index is 908. The first-order valence-electron chi connectivity index (χ1n) is 8.60. The molecule has 1 saturated heterocycles. The van der Waals surface area contributed by atoms with Crippen LogP contribution in [0.1, 0.15) is 5.56 Å². The first kappa shape index (κ1) is 19.7. The summed E-state index contributed by atoms with van der Waals surface area (Å²) >= 11 is 6.01. The molecule has 0 bridgehead atoms. The van der Waals surface area contributed by atoms with Crippen LogP contribution in [0.2, 0.25) is 5.02 Å². The number of ether oxygens (including phenoxy) is 1. The molecule has 3 rings (SSSR count). The molecule has 0 saturated carbocycles. The van der Waals surface area contributed by atoms with Crippen molar-refractivity contribution in [1.82, 2.24) is 9.21 Å². The summed E-state index contributed by atoms with van der Waals surface area (Å²) < 4.78 is 32.3. The molecular weight excluding hydrogens is 388 g/mol. The topological polar surface area (TPSA) is 66.9 Å². The van der Waals surface area contributed by atoms with Gasteiger partial charge in [-0.15, -0.1) is 0 Å². The monoisotopic (exact) mass is 408 g/mol. The van der Waals surface area contributed by atoms with E-state index in [-0.39, 0.29) is 30.5 Å². The Kier molecular flexibility index (Phi) is 6.04. The Morgan fingerprint density at radius 3 is 2.30 bits per heavy atom. The van der Waals surface area contributed by atoms with Gasteiger partial charge >= 0.3 is 0 Å². The zero-order valence-electron chi connectivity index (χ0n) is 15.0. The predicted octanol–water partition coefficient (Wildman–Crippen LogP) is 2.56. The maximum Gasteiger partial charge on any atom is 0.260 e. The number of rotatable bonds is 5. The molecule has 1 fully saturated rings. The fraction of sp³-hybridized carbons (Fsp3) is 0.316. The van der Waals surface area contributed by atoms with Crippen LogP contribution in [-0.2, 0) is 14.8 Å². The molecule has 0 unspecified atom stereocenters. The fourth-order valence-corrected chi connectivity index (χ4v) is 4.44. The number of amides is 1. The lowest BCUT2D eigenvalue weighted by molar-refractivity contribution is -0.134. The van der Waals surface area contributed by atoms with Crippen LogP contribution in [0.5, 0.6) is 5.75 Å². The third kappa shape index (κ3) is 4.61. The van der Waals surface area contributed by atoms with Gasteiger partial charge in [0.2, 0.25) is 10.0 Å². The van der Waals surface area contributed by atoms with E-state index in [4.69, 9.17) is 16.3 Å². The number of benzene rings is 2. The number of carbonyl (C=O) groups is 1. The van der Waals surface area contributed by atoms with Crippen LogP contribution in [0.25, 0.3) is 0 Å². The molecule has 0 spiro atoms. The van der Waals surface area contributed by atoms with Gasteiger partial charge in [0, 0.05) is 26.2 Å². The normalized spacial score (nSPS) is 15.6. The fourth-order valence-electron chi connectivity index (χ4n) is 2.83. The highest BCUT2D eigenvalue weighted by Gasteiger charge is 2.30. The SMILES string of the molecule is Cc1ccc(S(=O)(=O)N2CCN(C(=O)COc3ccccc3Cl)CC2)cc1. The van der Waals surface area contributed by atoms with Crippen LogP contribution in [0.15, 0.2) is 53.4 Å². The molecular formula is C19H21ClN2O4S. The molecule has 0 atom stereocenters. The molecule has 144 valence electrons. The standard InChI is InChI=1S/C19H21ClN2O4S/c1-15-6-8-16(9-7-15)27(24,25)22-12-10-21(11-13-22)19(23)14-26-18-5-3-2-4-17(18)20/h2-9H,10-14H2,1H3. The molecule has 0 N–H and O–H groups in total. The number of nitrogens with zero attached hydrogens (tertiary/aromatic N) is 2. The highest BCUT2D eigenvalue weighted by molar-refractivity contribution is 7.89. The van der Waals surface area contributed by atoms with Crippen molar-refractivity contribution in [3.63, 3.8) is 0 Å². The summed E-state index contributed by atoms with van der Waals surface area (Å²) in [6.07, 6.45) is 0. The minimum atomic E-state index is -3.54. The van der Waals surface area contributed by atoms with Gasteiger partial charge in [0.25, 0.3) is 5.91 Å². The lowest BCUT2D eigenvalue weighted by Crippen LogP contribution is -2.51. The summed E-state index contributed by atoms with van der Waals surface area (Å²) in [6.45, 7) is 2.95. The van der Waals surface area contributed by atoms with Crippen molar-refractivity contribution in [1.29, 1.82) is 0 Å². The molecule has 0 aromatic heterocycles. The van der Waals surface area contributed by atoms with E-state index in [1.807, 2.05) is 6.92 Å². The molecule has 1 aliphatic heterocycles. The van der Waals surface area contributed by atoms with Gasteiger partial charge in [-0.25, -0.2) is 8.42 Å². The summed E-state index contributed by atoms with van der Waals surface area (Å²) in [4.78, 5) is 14.2. The molecule has 2 aromatic rings. The molecule has 1 amide bonds. The van der Waals surface area contributed by atoms with Gasteiger partial charge in [-0.3, -0.25) is 4.79 Å². The van der Waals surface area contributed by atoms with Gasteiger partial charge in [0.15, 0.2) is 6.61 Å². The molecule has 1 aliphatic rings. The average molecular weight is 409 g/mol. The second kappa shape index (κ2) is 8.29. The summed E-state index contributed by atoms with van der Waals surface area (Å²) in [5.74, 6) is 0.260. The van der Waals surface area contributed by atoms with Crippen molar-refractivity contribution < 1.29 is 17.9 Å². The molecule has 27 heavy (non-hydrogen) atoms. The number of halogens is 1. The van der Waals surface area contributed by atoms with Gasteiger partial charge < -0.3 is 9.64 Å². The van der Waals surface area contributed by atoms with Crippen LogP contribution < -0.4 is 4.74 Å². The Labute approximate surface area is 164 Å². The van der Waals surface area contributed by atoms with Crippen molar-refractivity contribution in [2.75, 3.05) is 32.8 Å². The summed E-state index contributed by atoms with van der Waals surface area (Å²) in [6, 6.07) is 13.7. The van der Waals surface area contributed by atoms with E-state index in [0.717, 1.165) is 5.56 Å². The average Bonchev–Trinajstić information content (AvgIpc) is 2.67.